The lowest BCUT2D eigenvalue weighted by Gasteiger charge is -2.26. The highest BCUT2D eigenvalue weighted by molar-refractivity contribution is 6.33. The average Bonchev–Trinajstić information content (AvgIpc) is 3.32. The highest BCUT2D eigenvalue weighted by Gasteiger charge is 2.26. The highest BCUT2D eigenvalue weighted by Crippen LogP contribution is 2.30. The molecule has 2 aromatic heterocycles. The van der Waals surface area contributed by atoms with Gasteiger partial charge in [0, 0.05) is 29.3 Å². The lowest BCUT2D eigenvalue weighted by molar-refractivity contribution is -0.116. The number of likely N-dealkylation sites (tertiary alicyclic amines) is 1. The van der Waals surface area contributed by atoms with Gasteiger partial charge < -0.3 is 9.88 Å². The van der Waals surface area contributed by atoms with Crippen LogP contribution in [0, 0.1) is 6.92 Å². The summed E-state index contributed by atoms with van der Waals surface area (Å²) in [4.78, 5) is 26.8. The molecular weight excluding hydrogens is 400 g/mol. The zero-order valence-electron chi connectivity index (χ0n) is 19.4. The van der Waals surface area contributed by atoms with E-state index in [-0.39, 0.29) is 5.91 Å². The van der Waals surface area contributed by atoms with E-state index in [1.54, 1.807) is 12.4 Å². The van der Waals surface area contributed by atoms with E-state index in [2.05, 4.69) is 51.2 Å². The van der Waals surface area contributed by atoms with Crippen molar-refractivity contribution in [3.05, 3.63) is 52.4 Å². The van der Waals surface area contributed by atoms with Crippen molar-refractivity contribution < 1.29 is 4.79 Å². The smallest absolute Gasteiger partial charge is 0.273 e. The fraction of sp³-hybridized carbons (Fsp3) is 0.520. The Balaban J connectivity index is 1.53. The topological polar surface area (TPSA) is 86.3 Å². The quantitative estimate of drug-likeness (QED) is 0.486. The van der Waals surface area contributed by atoms with E-state index in [0.717, 1.165) is 17.7 Å². The normalized spacial score (nSPS) is 18.4. The van der Waals surface area contributed by atoms with Gasteiger partial charge in [0.25, 0.3) is 5.91 Å². The summed E-state index contributed by atoms with van der Waals surface area (Å²) < 4.78 is 0. The van der Waals surface area contributed by atoms with Gasteiger partial charge >= 0.3 is 0 Å². The molecule has 170 valence electrons. The molecule has 0 aliphatic carbocycles. The molecule has 2 aliphatic heterocycles. The fourth-order valence-corrected chi connectivity index (χ4v) is 4.88. The Morgan fingerprint density at radius 3 is 2.59 bits per heavy atom. The first kappa shape index (κ1) is 22.4. The highest BCUT2D eigenvalue weighted by atomic mass is 16.2. The van der Waals surface area contributed by atoms with Crippen molar-refractivity contribution in [2.24, 2.45) is 5.10 Å². The fourth-order valence-electron chi connectivity index (χ4n) is 4.88. The lowest BCUT2D eigenvalue weighted by atomic mass is 9.93. The van der Waals surface area contributed by atoms with Gasteiger partial charge in [-0.05, 0) is 81.8 Å². The van der Waals surface area contributed by atoms with Gasteiger partial charge in [-0.1, -0.05) is 20.3 Å². The van der Waals surface area contributed by atoms with E-state index >= 15 is 0 Å². The van der Waals surface area contributed by atoms with Crippen molar-refractivity contribution in [1.29, 1.82) is 0 Å². The van der Waals surface area contributed by atoms with Crippen LogP contribution < -0.4 is 5.43 Å². The number of aromatic nitrogens is 3. The van der Waals surface area contributed by atoms with Gasteiger partial charge in [0.2, 0.25) is 0 Å². The summed E-state index contributed by atoms with van der Waals surface area (Å²) >= 11 is 0. The number of H-pyrrole nitrogens is 1. The Hall–Kier alpha value is -2.80. The van der Waals surface area contributed by atoms with Crippen molar-refractivity contribution >= 4 is 17.7 Å². The van der Waals surface area contributed by atoms with E-state index in [1.165, 1.54) is 74.9 Å². The molecule has 7 heteroatoms. The molecular formula is C25H34N6O. The minimum Gasteiger partial charge on any atom is -0.359 e. The first-order valence-electron chi connectivity index (χ1n) is 11.8. The number of hydrazone groups is 1. The molecule has 0 bridgehead atoms. The summed E-state index contributed by atoms with van der Waals surface area (Å²) in [7, 11) is 0. The number of hydrogen-bond donors (Lipinski definition) is 2. The second-order valence-electron chi connectivity index (χ2n) is 9.16. The first-order valence-corrected chi connectivity index (χ1v) is 11.8. The van der Waals surface area contributed by atoms with Crippen LogP contribution in [-0.2, 0) is 11.2 Å². The molecule has 0 aromatic carbocycles. The Morgan fingerprint density at radius 1 is 1.12 bits per heavy atom. The van der Waals surface area contributed by atoms with Crippen LogP contribution in [0.4, 0.5) is 0 Å². The van der Waals surface area contributed by atoms with Crippen molar-refractivity contribution in [2.45, 2.75) is 65.2 Å². The van der Waals surface area contributed by atoms with Gasteiger partial charge in [-0.25, -0.2) is 15.4 Å². The summed E-state index contributed by atoms with van der Waals surface area (Å²) in [6.45, 7) is 10.3. The molecule has 2 aromatic rings. The predicted molar refractivity (Wildman–Crippen MR) is 128 cm³/mol. The number of amides is 1. The van der Waals surface area contributed by atoms with Gasteiger partial charge in [-0.3, -0.25) is 4.79 Å². The van der Waals surface area contributed by atoms with Gasteiger partial charge in [-0.2, -0.15) is 5.10 Å². The number of piperidine rings is 1. The Morgan fingerprint density at radius 2 is 1.88 bits per heavy atom. The number of aryl methyl sites for hydroxylation is 1. The van der Waals surface area contributed by atoms with Crippen molar-refractivity contribution in [2.75, 3.05) is 19.6 Å². The zero-order chi connectivity index (χ0) is 22.5. The molecule has 0 atom stereocenters. The molecule has 7 nitrogen and oxygen atoms in total. The van der Waals surface area contributed by atoms with Crippen LogP contribution in [0.1, 0.15) is 79.9 Å². The number of rotatable bonds is 8. The van der Waals surface area contributed by atoms with Gasteiger partial charge in [-0.15, -0.1) is 0 Å². The second-order valence-corrected chi connectivity index (χ2v) is 9.16. The monoisotopic (exact) mass is 434 g/mol. The zero-order valence-corrected chi connectivity index (χ0v) is 19.4. The van der Waals surface area contributed by atoms with Gasteiger partial charge in [0.15, 0.2) is 0 Å². The SMILES string of the molecule is Cc1[nH]c(/C=C2/C(=O)NN=C2c2cncnc2)c(C(C)C)c1CCCCN1CCCCC1. The van der Waals surface area contributed by atoms with Gasteiger partial charge in [0.1, 0.15) is 12.0 Å². The molecule has 2 N–H and O–H groups in total. The summed E-state index contributed by atoms with van der Waals surface area (Å²) in [6.07, 6.45) is 14.3. The Bertz CT molecular complexity index is 999. The van der Waals surface area contributed by atoms with Crippen LogP contribution >= 0.6 is 0 Å². The van der Waals surface area contributed by atoms with Crippen LogP contribution in [0.15, 0.2) is 29.4 Å². The predicted octanol–water partition coefficient (Wildman–Crippen LogP) is 3.96. The van der Waals surface area contributed by atoms with E-state index in [4.69, 9.17) is 0 Å². The maximum atomic E-state index is 12.5. The second kappa shape index (κ2) is 10.2. The third-order valence-electron chi connectivity index (χ3n) is 6.46. The first-order chi connectivity index (χ1) is 15.5. The van der Waals surface area contributed by atoms with Crippen LogP contribution in [0.2, 0.25) is 0 Å². The minimum atomic E-state index is -0.200. The molecule has 0 unspecified atom stereocenters. The van der Waals surface area contributed by atoms with E-state index in [1.807, 2.05) is 6.08 Å². The number of unbranched alkanes of at least 4 members (excludes halogenated alkanes) is 1. The Labute approximate surface area is 190 Å². The van der Waals surface area contributed by atoms with E-state index in [0.29, 0.717) is 17.2 Å². The number of nitrogens with zero attached hydrogens (tertiary/aromatic N) is 4. The number of carbonyl (C=O) groups is 1. The maximum absolute atomic E-state index is 12.5. The maximum Gasteiger partial charge on any atom is 0.273 e. The van der Waals surface area contributed by atoms with E-state index in [9.17, 15) is 4.79 Å². The van der Waals surface area contributed by atoms with Crippen LogP contribution in [0.25, 0.3) is 6.08 Å². The van der Waals surface area contributed by atoms with Crippen LogP contribution in [0.5, 0.6) is 0 Å². The molecule has 1 saturated heterocycles. The molecule has 4 rings (SSSR count). The third kappa shape index (κ3) is 4.99. The molecule has 32 heavy (non-hydrogen) atoms. The number of aromatic amines is 1. The number of nitrogens with one attached hydrogen (secondary N) is 2. The summed E-state index contributed by atoms with van der Waals surface area (Å²) in [6, 6.07) is 0. The number of carbonyl (C=O) groups excluding carboxylic acids is 1. The molecule has 1 amide bonds. The molecule has 2 aliphatic rings. The average molecular weight is 435 g/mol. The molecule has 4 heterocycles. The van der Waals surface area contributed by atoms with Crippen molar-refractivity contribution in [1.82, 2.24) is 25.3 Å². The molecule has 0 radical (unpaired) electrons. The summed E-state index contributed by atoms with van der Waals surface area (Å²) in [5.41, 5.74) is 9.33. The van der Waals surface area contributed by atoms with Gasteiger partial charge in [0.05, 0.1) is 5.57 Å². The van der Waals surface area contributed by atoms with Crippen molar-refractivity contribution in [3.8, 4) is 0 Å². The molecule has 0 spiro atoms. The Kier molecular flexibility index (Phi) is 7.15. The summed E-state index contributed by atoms with van der Waals surface area (Å²) in [5.74, 6) is 0.155. The van der Waals surface area contributed by atoms with Crippen LogP contribution in [0.3, 0.4) is 0 Å². The number of hydrogen-bond acceptors (Lipinski definition) is 5. The minimum absolute atomic E-state index is 0.200. The largest absolute Gasteiger partial charge is 0.359 e. The van der Waals surface area contributed by atoms with Crippen LogP contribution in [-0.4, -0.2) is 51.1 Å². The lowest BCUT2D eigenvalue weighted by Crippen LogP contribution is -2.30. The molecule has 1 fully saturated rings. The van der Waals surface area contributed by atoms with E-state index < -0.39 is 0 Å². The standard InChI is InChI=1S/C25H34N6O/c1-17(2)23-20(9-5-8-12-31-10-6-4-7-11-31)18(3)28-22(23)13-21-24(29-30-25(21)32)19-14-26-16-27-15-19/h13-17,28H,4-12H2,1-3H3,(H,30,32)/b21-13+. The third-order valence-corrected chi connectivity index (χ3v) is 6.46. The summed E-state index contributed by atoms with van der Waals surface area (Å²) in [5, 5.41) is 4.22. The molecule has 0 saturated carbocycles. The van der Waals surface area contributed by atoms with Crippen molar-refractivity contribution in [3.63, 3.8) is 0 Å².